The molecule has 0 saturated heterocycles. The van der Waals surface area contributed by atoms with E-state index in [0.29, 0.717) is 0 Å². The molecular formula is C47H33NO. The van der Waals surface area contributed by atoms with Crippen LogP contribution in [-0.4, -0.2) is 0 Å². The van der Waals surface area contributed by atoms with Crippen LogP contribution < -0.4 is 4.90 Å². The van der Waals surface area contributed by atoms with Crippen molar-refractivity contribution in [2.24, 2.45) is 0 Å². The molecular weight excluding hydrogens is 595 g/mol. The molecule has 49 heavy (non-hydrogen) atoms. The summed E-state index contributed by atoms with van der Waals surface area (Å²) in [5.41, 5.74) is 11.2. The predicted molar refractivity (Wildman–Crippen MR) is 207 cm³/mol. The largest absolute Gasteiger partial charge is 0.456 e. The van der Waals surface area contributed by atoms with E-state index in [0.717, 1.165) is 50.5 Å². The number of nitrogens with zero attached hydrogens (tertiary/aromatic N) is 1. The molecule has 0 spiro atoms. The molecule has 0 unspecified atom stereocenters. The lowest BCUT2D eigenvalue weighted by molar-refractivity contribution is 0.629. The zero-order valence-corrected chi connectivity index (χ0v) is 27.2. The molecule has 0 fully saturated rings. The van der Waals surface area contributed by atoms with E-state index in [9.17, 15) is 0 Å². The summed E-state index contributed by atoms with van der Waals surface area (Å²) in [6, 6.07) is 65.0. The lowest BCUT2D eigenvalue weighted by atomic mass is 9.97. The molecule has 232 valence electrons. The molecule has 0 aliphatic heterocycles. The number of benzene rings is 8. The number of aryl methyl sites for hydroxylation is 1. The van der Waals surface area contributed by atoms with Gasteiger partial charge in [0.15, 0.2) is 0 Å². The Hall–Kier alpha value is -6.38. The number of hydrogen-bond acceptors (Lipinski definition) is 2. The van der Waals surface area contributed by atoms with Gasteiger partial charge >= 0.3 is 0 Å². The molecule has 0 atom stereocenters. The quantitative estimate of drug-likeness (QED) is 0.171. The average Bonchev–Trinajstić information content (AvgIpc) is 3.52. The van der Waals surface area contributed by atoms with Crippen LogP contribution in [0.25, 0.3) is 66.1 Å². The van der Waals surface area contributed by atoms with Crippen molar-refractivity contribution >= 4 is 49.6 Å². The molecule has 0 aliphatic rings. The highest BCUT2D eigenvalue weighted by atomic mass is 16.3. The minimum atomic E-state index is 0.921. The van der Waals surface area contributed by atoms with Crippen molar-refractivity contribution in [3.8, 4) is 33.6 Å². The first kappa shape index (κ1) is 28.8. The number of furan rings is 1. The van der Waals surface area contributed by atoms with E-state index >= 15 is 0 Å². The molecule has 8 aromatic carbocycles. The maximum atomic E-state index is 6.29. The number of fused-ring (bicyclic) bond motifs is 4. The van der Waals surface area contributed by atoms with E-state index in [2.05, 4.69) is 182 Å². The molecule has 0 bridgehead atoms. The Morgan fingerprint density at radius 2 is 0.918 bits per heavy atom. The highest BCUT2D eigenvalue weighted by molar-refractivity contribution is 6.08. The first-order valence-corrected chi connectivity index (χ1v) is 16.8. The maximum Gasteiger partial charge on any atom is 0.138 e. The Labute approximate surface area is 286 Å². The van der Waals surface area contributed by atoms with Gasteiger partial charge in [0.2, 0.25) is 0 Å². The molecule has 0 amide bonds. The Kier molecular flexibility index (Phi) is 7.06. The van der Waals surface area contributed by atoms with E-state index < -0.39 is 0 Å². The Morgan fingerprint density at radius 3 is 1.65 bits per heavy atom. The molecule has 1 aromatic heterocycles. The average molecular weight is 628 g/mol. The zero-order valence-electron chi connectivity index (χ0n) is 27.2. The van der Waals surface area contributed by atoms with Crippen LogP contribution in [0.5, 0.6) is 0 Å². The lowest BCUT2D eigenvalue weighted by Gasteiger charge is -2.26. The third-order valence-electron chi connectivity index (χ3n) is 9.65. The van der Waals surface area contributed by atoms with E-state index in [1.165, 1.54) is 38.2 Å². The topological polar surface area (TPSA) is 16.4 Å². The number of rotatable bonds is 6. The van der Waals surface area contributed by atoms with Gasteiger partial charge in [-0.05, 0) is 105 Å². The first-order valence-electron chi connectivity index (χ1n) is 16.8. The second kappa shape index (κ2) is 12.0. The van der Waals surface area contributed by atoms with Gasteiger partial charge in [-0.25, -0.2) is 0 Å². The minimum Gasteiger partial charge on any atom is -0.456 e. The number of anilines is 3. The SMILES string of the molecule is Cc1c(-c2cccc(-c3ccc(N(c4ccccc4)c4ccc(-c5ccc6c(ccc7ccccc76)c5)cc4)cc3)c2)oc2ccccc12. The van der Waals surface area contributed by atoms with Gasteiger partial charge in [-0.3, -0.25) is 0 Å². The smallest absolute Gasteiger partial charge is 0.138 e. The molecule has 0 N–H and O–H groups in total. The van der Waals surface area contributed by atoms with Crippen molar-refractivity contribution in [1.29, 1.82) is 0 Å². The zero-order chi connectivity index (χ0) is 32.7. The van der Waals surface area contributed by atoms with Gasteiger partial charge < -0.3 is 9.32 Å². The molecule has 0 radical (unpaired) electrons. The summed E-state index contributed by atoms with van der Waals surface area (Å²) in [6.45, 7) is 2.14. The van der Waals surface area contributed by atoms with Crippen LogP contribution >= 0.6 is 0 Å². The minimum absolute atomic E-state index is 0.921. The summed E-state index contributed by atoms with van der Waals surface area (Å²) in [5.74, 6) is 0.926. The number of hydrogen-bond donors (Lipinski definition) is 0. The van der Waals surface area contributed by atoms with Gasteiger partial charge in [0, 0.05) is 33.6 Å². The van der Waals surface area contributed by atoms with Gasteiger partial charge in [-0.2, -0.15) is 0 Å². The fourth-order valence-electron chi connectivity index (χ4n) is 7.11. The van der Waals surface area contributed by atoms with Crippen molar-refractivity contribution < 1.29 is 4.42 Å². The van der Waals surface area contributed by atoms with Crippen molar-refractivity contribution in [3.63, 3.8) is 0 Å². The fourth-order valence-corrected chi connectivity index (χ4v) is 7.11. The van der Waals surface area contributed by atoms with Crippen LogP contribution in [0.15, 0.2) is 186 Å². The molecule has 0 aliphatic carbocycles. The van der Waals surface area contributed by atoms with E-state index in [1.54, 1.807) is 0 Å². The molecule has 2 nitrogen and oxygen atoms in total. The van der Waals surface area contributed by atoms with Crippen LogP contribution in [0.4, 0.5) is 17.1 Å². The van der Waals surface area contributed by atoms with Crippen LogP contribution in [0.2, 0.25) is 0 Å². The van der Waals surface area contributed by atoms with Crippen molar-refractivity contribution in [3.05, 3.63) is 188 Å². The standard InChI is InChI=1S/C47H33NO/c1-32-43-15-7-8-17-46(43)49-47(32)39-12-9-11-36(31-39)33-20-25-41(26-21-33)48(40-13-3-2-4-14-40)42-27-22-34(23-28-42)37-24-29-45-38(30-37)19-18-35-10-5-6-16-44(35)45/h2-31H,1H3. The second-order valence-corrected chi connectivity index (χ2v) is 12.6. The second-order valence-electron chi connectivity index (χ2n) is 12.6. The summed E-state index contributed by atoms with van der Waals surface area (Å²) in [6.07, 6.45) is 0. The third-order valence-corrected chi connectivity index (χ3v) is 9.65. The lowest BCUT2D eigenvalue weighted by Crippen LogP contribution is -2.09. The Morgan fingerprint density at radius 1 is 0.367 bits per heavy atom. The molecule has 9 aromatic rings. The first-order chi connectivity index (χ1) is 24.2. The highest BCUT2D eigenvalue weighted by Crippen LogP contribution is 2.39. The summed E-state index contributed by atoms with van der Waals surface area (Å²) >= 11 is 0. The highest BCUT2D eigenvalue weighted by Gasteiger charge is 2.15. The van der Waals surface area contributed by atoms with Crippen LogP contribution in [0.1, 0.15) is 5.56 Å². The van der Waals surface area contributed by atoms with Crippen molar-refractivity contribution in [1.82, 2.24) is 0 Å². The molecule has 2 heteroatoms. The van der Waals surface area contributed by atoms with E-state index in [1.807, 2.05) is 12.1 Å². The molecule has 1 heterocycles. The van der Waals surface area contributed by atoms with E-state index in [-0.39, 0.29) is 0 Å². The van der Waals surface area contributed by atoms with Gasteiger partial charge in [-0.1, -0.05) is 127 Å². The Balaban J connectivity index is 1.04. The summed E-state index contributed by atoms with van der Waals surface area (Å²) in [5, 5.41) is 6.26. The summed E-state index contributed by atoms with van der Waals surface area (Å²) < 4.78 is 6.29. The van der Waals surface area contributed by atoms with Crippen LogP contribution in [0, 0.1) is 6.92 Å². The van der Waals surface area contributed by atoms with Crippen molar-refractivity contribution in [2.75, 3.05) is 4.90 Å². The third kappa shape index (κ3) is 5.24. The van der Waals surface area contributed by atoms with Gasteiger partial charge in [0.25, 0.3) is 0 Å². The normalized spacial score (nSPS) is 11.4. The monoisotopic (exact) mass is 627 g/mol. The van der Waals surface area contributed by atoms with Crippen LogP contribution in [0.3, 0.4) is 0 Å². The summed E-state index contributed by atoms with van der Waals surface area (Å²) in [4.78, 5) is 2.31. The van der Waals surface area contributed by atoms with Gasteiger partial charge in [-0.15, -0.1) is 0 Å². The van der Waals surface area contributed by atoms with Crippen LogP contribution in [-0.2, 0) is 0 Å². The van der Waals surface area contributed by atoms with Gasteiger partial charge in [0.1, 0.15) is 11.3 Å². The van der Waals surface area contributed by atoms with Gasteiger partial charge in [0.05, 0.1) is 0 Å². The predicted octanol–water partition coefficient (Wildman–Crippen LogP) is 13.5. The fraction of sp³-hybridized carbons (Fsp3) is 0.0213. The molecule has 0 saturated carbocycles. The van der Waals surface area contributed by atoms with Crippen molar-refractivity contribution in [2.45, 2.75) is 6.92 Å². The number of para-hydroxylation sites is 2. The molecule has 9 rings (SSSR count). The maximum absolute atomic E-state index is 6.29. The van der Waals surface area contributed by atoms with E-state index in [4.69, 9.17) is 4.42 Å². The summed E-state index contributed by atoms with van der Waals surface area (Å²) in [7, 11) is 0. The Bertz CT molecular complexity index is 2600.